The fourth-order valence-corrected chi connectivity index (χ4v) is 3.30. The molecule has 4 nitrogen and oxygen atoms in total. The van der Waals surface area contributed by atoms with Gasteiger partial charge in [-0.25, -0.2) is 0 Å². The summed E-state index contributed by atoms with van der Waals surface area (Å²) in [5.74, 6) is 0.922. The van der Waals surface area contributed by atoms with Crippen molar-refractivity contribution in [2.75, 3.05) is 18.1 Å². The molecule has 6 heteroatoms. The molecule has 0 aliphatic carbocycles. The number of anilines is 1. The summed E-state index contributed by atoms with van der Waals surface area (Å²) in [6.07, 6.45) is 4.41. The monoisotopic (exact) mass is 300 g/mol. The lowest BCUT2D eigenvalue weighted by Gasteiger charge is -2.30. The summed E-state index contributed by atoms with van der Waals surface area (Å²) in [7, 11) is 1.91. The predicted molar refractivity (Wildman–Crippen MR) is 89.2 cm³/mol. The first-order chi connectivity index (χ1) is 8.90. The number of nitrogens with one attached hydrogen (secondary N) is 1. The van der Waals surface area contributed by atoms with Gasteiger partial charge in [-0.3, -0.25) is 4.68 Å². The lowest BCUT2D eigenvalue weighted by Crippen LogP contribution is -2.33. The molecule has 0 saturated carbocycles. The Morgan fingerprint density at radius 3 is 2.47 bits per heavy atom. The van der Waals surface area contributed by atoms with E-state index in [0.717, 1.165) is 36.5 Å². The van der Waals surface area contributed by atoms with E-state index in [1.54, 1.807) is 0 Å². The maximum Gasteiger partial charge on any atom is 0.134 e. The number of rotatable bonds is 7. The summed E-state index contributed by atoms with van der Waals surface area (Å²) in [6, 6.07) is 0. The van der Waals surface area contributed by atoms with E-state index in [-0.39, 0.29) is 4.75 Å². The lowest BCUT2D eigenvalue weighted by atomic mass is 10.0. The number of thioether (sulfide) groups is 1. The first kappa shape index (κ1) is 16.3. The molecular weight excluding hydrogens is 276 g/mol. The Morgan fingerprint density at radius 1 is 1.47 bits per heavy atom. The Morgan fingerprint density at radius 2 is 2.05 bits per heavy atom. The third-order valence-electron chi connectivity index (χ3n) is 3.77. The van der Waals surface area contributed by atoms with Crippen LogP contribution >= 0.6 is 24.0 Å². The van der Waals surface area contributed by atoms with Gasteiger partial charge in [-0.1, -0.05) is 26.1 Å². The largest absolute Gasteiger partial charge is 0.389 e. The molecule has 0 aliphatic rings. The summed E-state index contributed by atoms with van der Waals surface area (Å²) < 4.78 is 2.06. The Labute approximate surface area is 125 Å². The van der Waals surface area contributed by atoms with Gasteiger partial charge in [0.25, 0.3) is 0 Å². The van der Waals surface area contributed by atoms with Crippen molar-refractivity contribution < 1.29 is 0 Å². The molecule has 0 unspecified atom stereocenters. The van der Waals surface area contributed by atoms with Crippen LogP contribution in [0.5, 0.6) is 0 Å². The van der Waals surface area contributed by atoms with Crippen LogP contribution in [0.1, 0.15) is 37.9 Å². The van der Waals surface area contributed by atoms with Gasteiger partial charge in [0, 0.05) is 18.3 Å². The van der Waals surface area contributed by atoms with Crippen LogP contribution in [-0.2, 0) is 7.05 Å². The van der Waals surface area contributed by atoms with Crippen molar-refractivity contribution in [2.24, 2.45) is 12.8 Å². The Bertz CT molecular complexity index is 441. The minimum Gasteiger partial charge on any atom is -0.389 e. The topological polar surface area (TPSA) is 55.9 Å². The van der Waals surface area contributed by atoms with Gasteiger partial charge in [-0.05, 0) is 26.0 Å². The van der Waals surface area contributed by atoms with Crippen LogP contribution in [0, 0.1) is 6.92 Å². The van der Waals surface area contributed by atoms with Crippen molar-refractivity contribution in [1.29, 1.82) is 0 Å². The third kappa shape index (κ3) is 3.42. The number of hydrogen-bond acceptors (Lipinski definition) is 4. The van der Waals surface area contributed by atoms with Crippen LogP contribution < -0.4 is 11.1 Å². The SMILES string of the molecule is CCC(CC)(CNc1c(C(N)=S)c(C)nn1C)SC. The highest BCUT2D eigenvalue weighted by Gasteiger charge is 2.26. The number of aromatic nitrogens is 2. The molecular formula is C13H24N4S2. The molecule has 1 aromatic heterocycles. The van der Waals surface area contributed by atoms with E-state index >= 15 is 0 Å². The van der Waals surface area contributed by atoms with Gasteiger partial charge >= 0.3 is 0 Å². The number of thiocarbonyl (C=S) groups is 1. The molecule has 0 saturated heterocycles. The van der Waals surface area contributed by atoms with E-state index < -0.39 is 0 Å². The van der Waals surface area contributed by atoms with Crippen molar-refractivity contribution in [2.45, 2.75) is 38.4 Å². The smallest absolute Gasteiger partial charge is 0.134 e. The minimum atomic E-state index is 0.242. The molecule has 1 heterocycles. The molecule has 19 heavy (non-hydrogen) atoms. The second-order valence-corrected chi connectivity index (χ2v) is 6.46. The highest BCUT2D eigenvalue weighted by molar-refractivity contribution is 8.00. The fourth-order valence-electron chi connectivity index (χ4n) is 2.26. The van der Waals surface area contributed by atoms with Crippen molar-refractivity contribution in [3.63, 3.8) is 0 Å². The van der Waals surface area contributed by atoms with Crippen LogP contribution in [0.3, 0.4) is 0 Å². The van der Waals surface area contributed by atoms with Gasteiger partial charge in [0.2, 0.25) is 0 Å². The summed E-state index contributed by atoms with van der Waals surface area (Å²) in [5, 5.41) is 7.88. The molecule has 0 atom stereocenters. The van der Waals surface area contributed by atoms with Crippen molar-refractivity contribution >= 4 is 34.8 Å². The second kappa shape index (κ2) is 6.61. The normalized spacial score (nSPS) is 11.6. The maximum atomic E-state index is 5.80. The maximum absolute atomic E-state index is 5.80. The van der Waals surface area contributed by atoms with Crippen molar-refractivity contribution in [1.82, 2.24) is 9.78 Å². The van der Waals surface area contributed by atoms with Gasteiger partial charge in [0.15, 0.2) is 0 Å². The van der Waals surface area contributed by atoms with E-state index in [1.807, 2.05) is 30.4 Å². The Balaban J connectivity index is 2.97. The third-order valence-corrected chi connectivity index (χ3v) is 5.56. The predicted octanol–water partition coefficient (Wildman–Crippen LogP) is 2.70. The van der Waals surface area contributed by atoms with Crippen LogP contribution in [0.15, 0.2) is 0 Å². The average Bonchev–Trinajstić information content (AvgIpc) is 2.66. The fraction of sp³-hybridized carbons (Fsp3) is 0.692. The minimum absolute atomic E-state index is 0.242. The van der Waals surface area contributed by atoms with Gasteiger partial charge in [0.1, 0.15) is 10.8 Å². The van der Waals surface area contributed by atoms with E-state index in [1.165, 1.54) is 0 Å². The quantitative estimate of drug-likeness (QED) is 0.758. The zero-order chi connectivity index (χ0) is 14.6. The summed E-state index contributed by atoms with van der Waals surface area (Å²) >= 11 is 7.03. The molecule has 0 bridgehead atoms. The van der Waals surface area contributed by atoms with Crippen LogP contribution in [0.4, 0.5) is 5.82 Å². The molecule has 0 fully saturated rings. The van der Waals surface area contributed by atoms with E-state index in [0.29, 0.717) is 4.99 Å². The first-order valence-corrected chi connectivity index (χ1v) is 8.16. The standard InChI is InChI=1S/C13H24N4S2/c1-6-13(7-2,19-5)8-15-12-10(11(14)18)9(3)16-17(12)4/h15H,6-8H2,1-5H3,(H2,14,18). The molecule has 0 aromatic carbocycles. The van der Waals surface area contributed by atoms with Gasteiger partial charge < -0.3 is 11.1 Å². The van der Waals surface area contributed by atoms with E-state index in [9.17, 15) is 0 Å². The van der Waals surface area contributed by atoms with Gasteiger partial charge in [-0.2, -0.15) is 16.9 Å². The first-order valence-electron chi connectivity index (χ1n) is 6.53. The number of nitrogens with zero attached hydrogens (tertiary/aromatic N) is 2. The molecule has 0 spiro atoms. The summed E-state index contributed by atoms with van der Waals surface area (Å²) in [4.78, 5) is 0.399. The molecule has 1 aromatic rings. The van der Waals surface area contributed by atoms with Crippen LogP contribution in [-0.4, -0.2) is 32.3 Å². The average molecular weight is 300 g/mol. The molecule has 108 valence electrons. The Hall–Kier alpha value is -0.750. The van der Waals surface area contributed by atoms with Crippen LogP contribution in [0.25, 0.3) is 0 Å². The number of hydrogen-bond donors (Lipinski definition) is 2. The summed E-state index contributed by atoms with van der Waals surface area (Å²) in [6.45, 7) is 7.27. The molecule has 3 N–H and O–H groups in total. The zero-order valence-electron chi connectivity index (χ0n) is 12.4. The van der Waals surface area contributed by atoms with Gasteiger partial charge in [0.05, 0.1) is 11.3 Å². The molecule has 0 aliphatic heterocycles. The van der Waals surface area contributed by atoms with Gasteiger partial charge in [-0.15, -0.1) is 0 Å². The Kier molecular flexibility index (Phi) is 5.67. The number of nitrogens with two attached hydrogens (primary N) is 1. The highest BCUT2D eigenvalue weighted by Crippen LogP contribution is 2.31. The van der Waals surface area contributed by atoms with Crippen LogP contribution in [0.2, 0.25) is 0 Å². The number of aryl methyl sites for hydroxylation is 2. The zero-order valence-corrected chi connectivity index (χ0v) is 14.0. The lowest BCUT2D eigenvalue weighted by molar-refractivity contribution is 0.571. The summed E-state index contributed by atoms with van der Waals surface area (Å²) in [5.41, 5.74) is 7.53. The molecule has 1 rings (SSSR count). The molecule has 0 radical (unpaired) electrons. The van der Waals surface area contributed by atoms with E-state index in [2.05, 4.69) is 30.5 Å². The van der Waals surface area contributed by atoms with Crippen molar-refractivity contribution in [3.8, 4) is 0 Å². The van der Waals surface area contributed by atoms with E-state index in [4.69, 9.17) is 18.0 Å². The second-order valence-electron chi connectivity index (χ2n) is 4.74. The molecule has 0 amide bonds. The highest BCUT2D eigenvalue weighted by atomic mass is 32.2. The van der Waals surface area contributed by atoms with Crippen molar-refractivity contribution in [3.05, 3.63) is 11.3 Å².